The zero-order chi connectivity index (χ0) is 14.2. The van der Waals surface area contributed by atoms with Crippen LogP contribution in [0.3, 0.4) is 0 Å². The minimum atomic E-state index is -4.56. The number of carbonyl (C=O) groups excluding carboxylic acids is 1. The largest absolute Gasteiger partial charge is 0.480 e. The fourth-order valence-electron chi connectivity index (χ4n) is 1.61. The third-order valence-corrected chi connectivity index (χ3v) is 2.56. The van der Waals surface area contributed by atoms with Crippen molar-refractivity contribution >= 4 is 17.7 Å². The molecule has 1 aliphatic heterocycles. The lowest BCUT2D eigenvalue weighted by Crippen LogP contribution is -2.33. The third kappa shape index (κ3) is 2.59. The Balaban J connectivity index is 2.19. The molecule has 1 aromatic rings. The first-order valence-corrected chi connectivity index (χ1v) is 5.13. The zero-order valence-electron chi connectivity index (χ0n) is 9.31. The van der Waals surface area contributed by atoms with E-state index in [4.69, 9.17) is 5.11 Å². The number of aromatic nitrogens is 1. The molecule has 1 aliphatic rings. The molecule has 0 unspecified atom stereocenters. The van der Waals surface area contributed by atoms with Crippen LogP contribution in [0, 0.1) is 0 Å². The molecule has 1 aromatic heterocycles. The molecule has 2 amide bonds. The summed E-state index contributed by atoms with van der Waals surface area (Å²) < 4.78 is 36.9. The number of amides is 2. The van der Waals surface area contributed by atoms with Crippen LogP contribution in [0.25, 0.3) is 0 Å². The van der Waals surface area contributed by atoms with Crippen molar-refractivity contribution in [1.29, 1.82) is 0 Å². The van der Waals surface area contributed by atoms with Crippen LogP contribution in [0.15, 0.2) is 18.3 Å². The lowest BCUT2D eigenvalue weighted by Gasteiger charge is -2.14. The van der Waals surface area contributed by atoms with Crippen LogP contribution >= 0.6 is 0 Å². The number of urea groups is 1. The van der Waals surface area contributed by atoms with Crippen molar-refractivity contribution in [2.75, 3.05) is 11.4 Å². The number of alkyl halides is 3. The van der Waals surface area contributed by atoms with Crippen LogP contribution in [0.4, 0.5) is 23.7 Å². The summed E-state index contributed by atoms with van der Waals surface area (Å²) in [7, 11) is 0. The van der Waals surface area contributed by atoms with Crippen molar-refractivity contribution < 1.29 is 27.9 Å². The van der Waals surface area contributed by atoms with Crippen molar-refractivity contribution in [3.05, 3.63) is 24.0 Å². The lowest BCUT2D eigenvalue weighted by atomic mass is 10.3. The van der Waals surface area contributed by atoms with Gasteiger partial charge in [-0.3, -0.25) is 4.90 Å². The van der Waals surface area contributed by atoms with Gasteiger partial charge in [-0.2, -0.15) is 13.2 Å². The number of hydrogen-bond donors (Lipinski definition) is 2. The molecule has 2 heterocycles. The highest BCUT2D eigenvalue weighted by Crippen LogP contribution is 2.28. The quantitative estimate of drug-likeness (QED) is 0.846. The summed E-state index contributed by atoms with van der Waals surface area (Å²) in [5.74, 6) is -1.21. The van der Waals surface area contributed by atoms with E-state index in [9.17, 15) is 22.8 Å². The van der Waals surface area contributed by atoms with E-state index in [1.807, 2.05) is 0 Å². The SMILES string of the molecule is O=C(O)[C@H]1CN(c2ccc(C(F)(F)F)nc2)C(=O)N1. The lowest BCUT2D eigenvalue weighted by molar-refractivity contribution is -0.141. The third-order valence-electron chi connectivity index (χ3n) is 2.56. The highest BCUT2D eigenvalue weighted by molar-refractivity contribution is 5.98. The molecule has 0 aromatic carbocycles. The van der Waals surface area contributed by atoms with E-state index >= 15 is 0 Å². The van der Waals surface area contributed by atoms with Crippen molar-refractivity contribution in [3.63, 3.8) is 0 Å². The normalized spacial score (nSPS) is 19.4. The Morgan fingerprint density at radius 2 is 2.16 bits per heavy atom. The van der Waals surface area contributed by atoms with E-state index in [0.29, 0.717) is 0 Å². The Labute approximate surface area is 104 Å². The summed E-state index contributed by atoms with van der Waals surface area (Å²) in [6.45, 7) is -0.165. The fourth-order valence-corrected chi connectivity index (χ4v) is 1.61. The maximum Gasteiger partial charge on any atom is 0.433 e. The number of nitrogens with zero attached hydrogens (tertiary/aromatic N) is 2. The van der Waals surface area contributed by atoms with E-state index < -0.39 is 29.9 Å². The standard InChI is InChI=1S/C10H8F3N3O3/c11-10(12,13)7-2-1-5(3-14-7)16-4-6(8(17)18)15-9(16)19/h1-3,6H,4H2,(H,15,19)(H,17,18)/t6-/m1/s1. The van der Waals surface area contributed by atoms with E-state index in [0.717, 1.165) is 23.2 Å². The summed E-state index contributed by atoms with van der Waals surface area (Å²) in [4.78, 5) is 26.4. The maximum atomic E-state index is 12.3. The Bertz CT molecular complexity index is 515. The van der Waals surface area contributed by atoms with Gasteiger partial charge in [0.05, 0.1) is 18.4 Å². The van der Waals surface area contributed by atoms with Crippen LogP contribution in [0.5, 0.6) is 0 Å². The number of carboxylic acid groups (broad SMARTS) is 1. The highest BCUT2D eigenvalue weighted by Gasteiger charge is 2.36. The van der Waals surface area contributed by atoms with E-state index in [1.54, 1.807) is 0 Å². The first-order valence-electron chi connectivity index (χ1n) is 5.13. The molecule has 102 valence electrons. The van der Waals surface area contributed by atoms with Gasteiger partial charge in [-0.15, -0.1) is 0 Å². The Morgan fingerprint density at radius 3 is 2.58 bits per heavy atom. The molecule has 0 bridgehead atoms. The molecule has 0 saturated carbocycles. The van der Waals surface area contributed by atoms with Gasteiger partial charge < -0.3 is 10.4 Å². The molecule has 9 heteroatoms. The van der Waals surface area contributed by atoms with E-state index in [2.05, 4.69) is 10.3 Å². The van der Waals surface area contributed by atoms with Gasteiger partial charge in [0.2, 0.25) is 0 Å². The van der Waals surface area contributed by atoms with E-state index in [-0.39, 0.29) is 12.2 Å². The summed E-state index contributed by atoms with van der Waals surface area (Å²) >= 11 is 0. The predicted octanol–water partition coefficient (Wildman–Crippen LogP) is 1.08. The molecule has 2 rings (SSSR count). The number of nitrogens with one attached hydrogen (secondary N) is 1. The number of aliphatic carboxylic acids is 1. The molecule has 19 heavy (non-hydrogen) atoms. The summed E-state index contributed by atoms with van der Waals surface area (Å²) in [5, 5.41) is 10.9. The fraction of sp³-hybridized carbons (Fsp3) is 0.300. The van der Waals surface area contributed by atoms with Crippen molar-refractivity contribution in [2.45, 2.75) is 12.2 Å². The van der Waals surface area contributed by atoms with Crippen molar-refractivity contribution in [2.24, 2.45) is 0 Å². The van der Waals surface area contributed by atoms with Gasteiger partial charge >= 0.3 is 18.2 Å². The van der Waals surface area contributed by atoms with Gasteiger partial charge in [0.1, 0.15) is 11.7 Å². The molecule has 0 radical (unpaired) electrons. The van der Waals surface area contributed by atoms with Crippen LogP contribution < -0.4 is 10.2 Å². The van der Waals surface area contributed by atoms with Crippen LogP contribution in [0.2, 0.25) is 0 Å². The van der Waals surface area contributed by atoms with Gasteiger partial charge in [0, 0.05) is 0 Å². The van der Waals surface area contributed by atoms with Crippen molar-refractivity contribution in [3.8, 4) is 0 Å². The average Bonchev–Trinajstić information content (AvgIpc) is 2.70. The molecule has 1 fully saturated rings. The smallest absolute Gasteiger partial charge is 0.433 e. The van der Waals surface area contributed by atoms with Crippen LogP contribution in [-0.4, -0.2) is 34.7 Å². The number of hydrogen-bond acceptors (Lipinski definition) is 3. The second kappa shape index (κ2) is 4.41. The second-order valence-corrected chi connectivity index (χ2v) is 3.85. The number of anilines is 1. The number of halogens is 3. The van der Waals surface area contributed by atoms with Crippen LogP contribution in [-0.2, 0) is 11.0 Å². The van der Waals surface area contributed by atoms with Crippen molar-refractivity contribution in [1.82, 2.24) is 10.3 Å². The predicted molar refractivity (Wildman–Crippen MR) is 56.5 cm³/mol. The molecule has 0 spiro atoms. The molecule has 6 nitrogen and oxygen atoms in total. The molecular formula is C10H8F3N3O3. The monoisotopic (exact) mass is 275 g/mol. The highest BCUT2D eigenvalue weighted by atomic mass is 19.4. The molecule has 2 N–H and O–H groups in total. The Hall–Kier alpha value is -2.32. The molecule has 1 saturated heterocycles. The number of rotatable bonds is 2. The Morgan fingerprint density at radius 1 is 1.47 bits per heavy atom. The first-order chi connectivity index (χ1) is 8.79. The molecule has 0 aliphatic carbocycles. The topological polar surface area (TPSA) is 82.5 Å². The number of carbonyl (C=O) groups is 2. The Kier molecular flexibility index (Phi) is 3.05. The number of carboxylic acids is 1. The average molecular weight is 275 g/mol. The summed E-state index contributed by atoms with van der Waals surface area (Å²) in [5.41, 5.74) is -0.972. The van der Waals surface area contributed by atoms with Crippen LogP contribution in [0.1, 0.15) is 5.69 Å². The number of pyridine rings is 1. The molecular weight excluding hydrogens is 267 g/mol. The van der Waals surface area contributed by atoms with E-state index in [1.165, 1.54) is 0 Å². The van der Waals surface area contributed by atoms with Gasteiger partial charge in [-0.05, 0) is 12.1 Å². The molecule has 1 atom stereocenters. The summed E-state index contributed by atoms with van der Waals surface area (Å²) in [6.07, 6.45) is -3.68. The van der Waals surface area contributed by atoms with Gasteiger partial charge in [0.25, 0.3) is 0 Å². The van der Waals surface area contributed by atoms with Gasteiger partial charge in [-0.1, -0.05) is 0 Å². The van der Waals surface area contributed by atoms with Gasteiger partial charge in [0.15, 0.2) is 0 Å². The first kappa shape index (κ1) is 13.1. The van der Waals surface area contributed by atoms with Gasteiger partial charge in [-0.25, -0.2) is 14.6 Å². The summed E-state index contributed by atoms with van der Waals surface area (Å²) in [6, 6.07) is 0.0276. The minimum absolute atomic E-state index is 0.106. The zero-order valence-corrected chi connectivity index (χ0v) is 9.31. The maximum absolute atomic E-state index is 12.3. The second-order valence-electron chi connectivity index (χ2n) is 3.85. The minimum Gasteiger partial charge on any atom is -0.480 e.